The highest BCUT2D eigenvalue weighted by molar-refractivity contribution is 5.03. The molecule has 0 spiro atoms. The van der Waals surface area contributed by atoms with Crippen LogP contribution in [0.2, 0.25) is 0 Å². The van der Waals surface area contributed by atoms with Gasteiger partial charge in [0.15, 0.2) is 6.29 Å². The van der Waals surface area contributed by atoms with Crippen molar-refractivity contribution in [2.75, 3.05) is 0 Å². The van der Waals surface area contributed by atoms with Gasteiger partial charge in [0, 0.05) is 6.42 Å². The molecule has 1 heterocycles. The van der Waals surface area contributed by atoms with Gasteiger partial charge in [-0.3, -0.25) is 0 Å². The Morgan fingerprint density at radius 3 is 2.64 bits per heavy atom. The van der Waals surface area contributed by atoms with Gasteiger partial charge in [0.2, 0.25) is 0 Å². The highest BCUT2D eigenvalue weighted by Crippen LogP contribution is 2.19. The topological polar surface area (TPSA) is 49.7 Å². The summed E-state index contributed by atoms with van der Waals surface area (Å²) in [5.74, 6) is 0. The summed E-state index contributed by atoms with van der Waals surface area (Å²) in [4.78, 5) is 0. The monoisotopic (exact) mass is 156 g/mol. The zero-order chi connectivity index (χ0) is 8.27. The first-order chi connectivity index (χ1) is 5.24. The third-order valence-electron chi connectivity index (χ3n) is 1.58. The first-order valence-electron chi connectivity index (χ1n) is 3.55. The number of hydrogen-bond donors (Lipinski definition) is 2. The highest BCUT2D eigenvalue weighted by atomic mass is 16.6. The Labute approximate surface area is 65.6 Å². The predicted molar refractivity (Wildman–Crippen MR) is 40.8 cm³/mol. The zero-order valence-electron chi connectivity index (χ0n) is 6.18. The van der Waals surface area contributed by atoms with E-state index in [9.17, 15) is 0 Å². The standard InChI is InChI=1S/C8H12O3/c1-2-3-4-6-5-7(9)8(10)11-6/h2-4,6-10H,1,5H2/b4-3+/t6-,7-,8?/m1/s1. The normalized spacial score (nSPS) is 38.2. The Kier molecular flexibility index (Phi) is 2.82. The lowest BCUT2D eigenvalue weighted by Crippen LogP contribution is -2.19. The molecular weight excluding hydrogens is 144 g/mol. The van der Waals surface area contributed by atoms with Crippen molar-refractivity contribution in [3.63, 3.8) is 0 Å². The molecule has 0 aromatic heterocycles. The van der Waals surface area contributed by atoms with Crippen molar-refractivity contribution in [3.8, 4) is 0 Å². The van der Waals surface area contributed by atoms with Crippen LogP contribution in [0.3, 0.4) is 0 Å². The van der Waals surface area contributed by atoms with Crippen LogP contribution in [0.15, 0.2) is 24.8 Å². The highest BCUT2D eigenvalue weighted by Gasteiger charge is 2.30. The Morgan fingerprint density at radius 2 is 2.18 bits per heavy atom. The maximum atomic E-state index is 9.03. The summed E-state index contributed by atoms with van der Waals surface area (Å²) >= 11 is 0. The fourth-order valence-electron chi connectivity index (χ4n) is 1.01. The van der Waals surface area contributed by atoms with Gasteiger partial charge in [0.1, 0.15) is 6.10 Å². The largest absolute Gasteiger partial charge is 0.388 e. The molecule has 3 nitrogen and oxygen atoms in total. The van der Waals surface area contributed by atoms with Crippen molar-refractivity contribution in [2.45, 2.75) is 24.9 Å². The number of aliphatic hydroxyl groups is 2. The molecule has 62 valence electrons. The van der Waals surface area contributed by atoms with Gasteiger partial charge in [0.05, 0.1) is 6.10 Å². The van der Waals surface area contributed by atoms with Gasteiger partial charge in [-0.25, -0.2) is 0 Å². The Hall–Kier alpha value is -0.640. The first kappa shape index (κ1) is 8.46. The van der Waals surface area contributed by atoms with Crippen molar-refractivity contribution in [1.82, 2.24) is 0 Å². The molecule has 0 saturated carbocycles. The first-order valence-corrected chi connectivity index (χ1v) is 3.55. The van der Waals surface area contributed by atoms with E-state index in [1.165, 1.54) is 0 Å². The van der Waals surface area contributed by atoms with Crippen molar-refractivity contribution in [2.24, 2.45) is 0 Å². The quantitative estimate of drug-likeness (QED) is 0.561. The lowest BCUT2D eigenvalue weighted by Gasteiger charge is -2.04. The summed E-state index contributed by atoms with van der Waals surface area (Å²) in [6.45, 7) is 3.49. The number of ether oxygens (including phenoxy) is 1. The smallest absolute Gasteiger partial charge is 0.181 e. The molecular formula is C8H12O3. The maximum absolute atomic E-state index is 9.03. The Bertz CT molecular complexity index is 155. The molecule has 0 aliphatic carbocycles. The number of allylic oxidation sites excluding steroid dienone is 2. The molecule has 1 fully saturated rings. The molecule has 1 aliphatic heterocycles. The third-order valence-corrected chi connectivity index (χ3v) is 1.58. The molecule has 0 aromatic carbocycles. The summed E-state index contributed by atoms with van der Waals surface area (Å²) in [7, 11) is 0. The van der Waals surface area contributed by atoms with Crippen LogP contribution in [-0.2, 0) is 4.74 Å². The fraction of sp³-hybridized carbons (Fsp3) is 0.500. The van der Waals surface area contributed by atoms with E-state index in [2.05, 4.69) is 6.58 Å². The van der Waals surface area contributed by atoms with Crippen molar-refractivity contribution < 1.29 is 14.9 Å². The van der Waals surface area contributed by atoms with Crippen molar-refractivity contribution >= 4 is 0 Å². The second-order valence-corrected chi connectivity index (χ2v) is 2.49. The lowest BCUT2D eigenvalue weighted by molar-refractivity contribution is -0.119. The van der Waals surface area contributed by atoms with E-state index in [1.807, 2.05) is 0 Å². The minimum atomic E-state index is -1.03. The van der Waals surface area contributed by atoms with E-state index >= 15 is 0 Å². The van der Waals surface area contributed by atoms with E-state index in [4.69, 9.17) is 14.9 Å². The molecule has 3 atom stereocenters. The Morgan fingerprint density at radius 1 is 1.45 bits per heavy atom. The van der Waals surface area contributed by atoms with Gasteiger partial charge < -0.3 is 14.9 Å². The van der Waals surface area contributed by atoms with Crippen molar-refractivity contribution in [1.29, 1.82) is 0 Å². The van der Waals surface area contributed by atoms with Crippen LogP contribution in [0.5, 0.6) is 0 Å². The average molecular weight is 156 g/mol. The van der Waals surface area contributed by atoms with Crippen LogP contribution in [0, 0.1) is 0 Å². The minimum absolute atomic E-state index is 0.182. The second kappa shape index (κ2) is 3.67. The molecule has 0 aromatic rings. The molecule has 1 unspecified atom stereocenters. The number of rotatable bonds is 2. The lowest BCUT2D eigenvalue weighted by atomic mass is 10.2. The summed E-state index contributed by atoms with van der Waals surface area (Å²) in [5.41, 5.74) is 0. The van der Waals surface area contributed by atoms with E-state index < -0.39 is 12.4 Å². The van der Waals surface area contributed by atoms with Crippen LogP contribution in [-0.4, -0.2) is 28.7 Å². The fourth-order valence-corrected chi connectivity index (χ4v) is 1.01. The van der Waals surface area contributed by atoms with Crippen LogP contribution in [0.25, 0.3) is 0 Å². The molecule has 0 bridgehead atoms. The number of hydrogen-bond acceptors (Lipinski definition) is 3. The average Bonchev–Trinajstić information content (AvgIpc) is 2.28. The molecule has 1 saturated heterocycles. The summed E-state index contributed by atoms with van der Waals surface area (Å²) < 4.78 is 4.95. The molecule has 3 heteroatoms. The van der Waals surface area contributed by atoms with Crippen LogP contribution in [0.4, 0.5) is 0 Å². The van der Waals surface area contributed by atoms with Gasteiger partial charge in [-0.15, -0.1) is 0 Å². The van der Waals surface area contributed by atoms with E-state index in [0.717, 1.165) is 0 Å². The van der Waals surface area contributed by atoms with Gasteiger partial charge in [-0.2, -0.15) is 0 Å². The molecule has 1 aliphatic rings. The van der Waals surface area contributed by atoms with Gasteiger partial charge in [-0.1, -0.05) is 24.8 Å². The summed E-state index contributed by atoms with van der Waals surface area (Å²) in [6.07, 6.45) is 3.59. The molecule has 0 amide bonds. The third kappa shape index (κ3) is 2.15. The van der Waals surface area contributed by atoms with Crippen LogP contribution < -0.4 is 0 Å². The molecule has 2 N–H and O–H groups in total. The summed E-state index contributed by atoms with van der Waals surface area (Å²) in [6, 6.07) is 0. The van der Waals surface area contributed by atoms with Crippen LogP contribution >= 0.6 is 0 Å². The molecule has 11 heavy (non-hydrogen) atoms. The SMILES string of the molecule is C=C/C=C/[C@@H]1C[C@@H](O)C(O)O1. The van der Waals surface area contributed by atoms with E-state index in [1.54, 1.807) is 18.2 Å². The molecule has 0 radical (unpaired) electrons. The minimum Gasteiger partial charge on any atom is -0.388 e. The molecule has 1 rings (SSSR count). The van der Waals surface area contributed by atoms with E-state index in [0.29, 0.717) is 6.42 Å². The maximum Gasteiger partial charge on any atom is 0.181 e. The zero-order valence-corrected chi connectivity index (χ0v) is 6.18. The van der Waals surface area contributed by atoms with Gasteiger partial charge >= 0.3 is 0 Å². The Balaban J connectivity index is 2.40. The second-order valence-electron chi connectivity index (χ2n) is 2.49. The predicted octanol–water partition coefficient (Wildman–Crippen LogP) is 0.197. The van der Waals surface area contributed by atoms with Gasteiger partial charge in [0.25, 0.3) is 0 Å². The van der Waals surface area contributed by atoms with Crippen LogP contribution in [0.1, 0.15) is 6.42 Å². The van der Waals surface area contributed by atoms with Gasteiger partial charge in [-0.05, 0) is 0 Å². The van der Waals surface area contributed by atoms with Crippen molar-refractivity contribution in [3.05, 3.63) is 24.8 Å². The number of aliphatic hydroxyl groups excluding tert-OH is 2. The van der Waals surface area contributed by atoms with E-state index in [-0.39, 0.29) is 6.10 Å². The summed E-state index contributed by atoms with van der Waals surface area (Å²) in [5, 5.41) is 18.0.